The molecule has 6 heteroatoms. The van der Waals surface area contributed by atoms with E-state index in [0.29, 0.717) is 10.3 Å². The molecule has 0 bridgehead atoms. The number of nitrogens with two attached hydrogens (primary N) is 1. The number of rotatable bonds is 2. The van der Waals surface area contributed by atoms with Gasteiger partial charge in [-0.1, -0.05) is 6.07 Å². The fraction of sp³-hybridized carbons (Fsp3) is 0.250. The highest BCUT2D eigenvalue weighted by atomic mass is 79.9. The second-order valence-electron chi connectivity index (χ2n) is 2.39. The second kappa shape index (κ2) is 5.95. The van der Waals surface area contributed by atoms with E-state index >= 15 is 0 Å². The highest BCUT2D eigenvalue weighted by Gasteiger charge is 2.17. The number of halogens is 2. The first-order valence-corrected chi connectivity index (χ1v) is 4.40. The summed E-state index contributed by atoms with van der Waals surface area (Å²) in [6.45, 7) is 0. The minimum atomic E-state index is -0.817. The number of esters is 1. The van der Waals surface area contributed by atoms with Crippen molar-refractivity contribution in [1.29, 1.82) is 0 Å². The van der Waals surface area contributed by atoms with Gasteiger partial charge in [0.1, 0.15) is 10.6 Å². The first-order chi connectivity index (χ1) is 6.15. The molecule has 0 fully saturated rings. The number of hydrogen-bond acceptors (Lipinski definition) is 4. The Balaban J connectivity index is 0.00000169. The van der Waals surface area contributed by atoms with Gasteiger partial charge in [-0.05, 0) is 28.1 Å². The van der Waals surface area contributed by atoms with E-state index in [0.717, 1.165) is 0 Å². The van der Waals surface area contributed by atoms with Gasteiger partial charge >= 0.3 is 5.97 Å². The van der Waals surface area contributed by atoms with Gasteiger partial charge in [-0.3, -0.25) is 0 Å². The molecule has 0 aliphatic rings. The molecule has 1 aromatic rings. The van der Waals surface area contributed by atoms with E-state index in [-0.39, 0.29) is 12.4 Å². The third-order valence-corrected chi connectivity index (χ3v) is 1.95. The molecule has 78 valence electrons. The van der Waals surface area contributed by atoms with E-state index in [1.54, 1.807) is 18.2 Å². The van der Waals surface area contributed by atoms with Gasteiger partial charge in [0.25, 0.3) is 0 Å². The van der Waals surface area contributed by atoms with Gasteiger partial charge in [0.05, 0.1) is 12.8 Å². The predicted octanol–water partition coefficient (Wildman–Crippen LogP) is 1.44. The Kier molecular flexibility index (Phi) is 5.68. The molecule has 1 atom stereocenters. The van der Waals surface area contributed by atoms with Crippen LogP contribution in [-0.2, 0) is 9.53 Å². The van der Waals surface area contributed by atoms with Crippen LogP contribution in [0.5, 0.6) is 0 Å². The fourth-order valence-corrected chi connectivity index (χ4v) is 1.20. The van der Waals surface area contributed by atoms with E-state index < -0.39 is 12.0 Å². The molecular formula is C8H10BrClN2O2. The number of carbonyl (C=O) groups is 1. The molecule has 0 radical (unpaired) electrons. The Labute approximate surface area is 96.4 Å². The van der Waals surface area contributed by atoms with E-state index in [4.69, 9.17) is 5.73 Å². The summed E-state index contributed by atoms with van der Waals surface area (Å²) in [5.74, 6) is -0.495. The summed E-state index contributed by atoms with van der Waals surface area (Å²) in [4.78, 5) is 15.1. The van der Waals surface area contributed by atoms with E-state index in [2.05, 4.69) is 25.7 Å². The summed E-state index contributed by atoms with van der Waals surface area (Å²) in [6.07, 6.45) is 0. The van der Waals surface area contributed by atoms with Crippen molar-refractivity contribution in [3.05, 3.63) is 28.5 Å². The van der Waals surface area contributed by atoms with E-state index in [1.807, 2.05) is 0 Å². The Morgan fingerprint density at radius 1 is 1.64 bits per heavy atom. The van der Waals surface area contributed by atoms with Gasteiger partial charge in [0.2, 0.25) is 0 Å². The molecule has 2 N–H and O–H groups in total. The monoisotopic (exact) mass is 280 g/mol. The molecule has 0 aliphatic heterocycles. The molecule has 0 saturated carbocycles. The second-order valence-corrected chi connectivity index (χ2v) is 3.20. The minimum Gasteiger partial charge on any atom is -0.468 e. The van der Waals surface area contributed by atoms with Gasteiger partial charge in [0.15, 0.2) is 0 Å². The van der Waals surface area contributed by atoms with E-state index in [9.17, 15) is 4.79 Å². The zero-order valence-corrected chi connectivity index (χ0v) is 9.84. The van der Waals surface area contributed by atoms with Crippen LogP contribution >= 0.6 is 28.3 Å². The Bertz CT molecular complexity index is 322. The molecule has 0 spiro atoms. The van der Waals surface area contributed by atoms with Crippen LogP contribution in [0.4, 0.5) is 0 Å². The smallest absolute Gasteiger partial charge is 0.328 e. The van der Waals surface area contributed by atoms with Crippen LogP contribution in [0, 0.1) is 0 Å². The van der Waals surface area contributed by atoms with Gasteiger partial charge < -0.3 is 10.5 Å². The van der Waals surface area contributed by atoms with Crippen molar-refractivity contribution in [2.75, 3.05) is 7.11 Å². The SMILES string of the molecule is COC(=O)[C@H](N)c1cccc(Br)n1.Cl. The highest BCUT2D eigenvalue weighted by Crippen LogP contribution is 2.12. The first kappa shape index (κ1) is 13.4. The third kappa shape index (κ3) is 3.25. The Hall–Kier alpha value is -0.650. The fourth-order valence-electron chi connectivity index (χ4n) is 0.845. The van der Waals surface area contributed by atoms with E-state index in [1.165, 1.54) is 7.11 Å². The van der Waals surface area contributed by atoms with Crippen molar-refractivity contribution in [3.8, 4) is 0 Å². The molecule has 1 aromatic heterocycles. The molecule has 0 saturated heterocycles. The minimum absolute atomic E-state index is 0. The van der Waals surface area contributed by atoms with Crippen molar-refractivity contribution >= 4 is 34.3 Å². The number of methoxy groups -OCH3 is 1. The first-order valence-electron chi connectivity index (χ1n) is 3.61. The molecule has 1 rings (SSSR count). The lowest BCUT2D eigenvalue weighted by Gasteiger charge is -2.07. The van der Waals surface area contributed by atoms with Gasteiger partial charge in [-0.2, -0.15) is 0 Å². The summed E-state index contributed by atoms with van der Waals surface area (Å²) in [6, 6.07) is 4.37. The van der Waals surface area contributed by atoms with Crippen LogP contribution in [0.2, 0.25) is 0 Å². The average molecular weight is 282 g/mol. The lowest BCUT2D eigenvalue weighted by molar-refractivity contribution is -0.142. The van der Waals surface area contributed by atoms with Gasteiger partial charge in [-0.15, -0.1) is 12.4 Å². The van der Waals surface area contributed by atoms with Crippen LogP contribution < -0.4 is 5.73 Å². The standard InChI is InChI=1S/C8H9BrN2O2.ClH/c1-13-8(12)7(10)5-3-2-4-6(9)11-5;/h2-4,7H,10H2,1H3;1H/t7-;/m1./s1. The topological polar surface area (TPSA) is 65.2 Å². The summed E-state index contributed by atoms with van der Waals surface area (Å²) < 4.78 is 5.13. The Morgan fingerprint density at radius 2 is 2.29 bits per heavy atom. The normalized spacial score (nSPS) is 11.4. The molecule has 0 aromatic carbocycles. The summed E-state index contributed by atoms with van der Waals surface area (Å²) in [7, 11) is 1.29. The molecule has 14 heavy (non-hydrogen) atoms. The van der Waals surface area contributed by atoms with Crippen LogP contribution in [0.1, 0.15) is 11.7 Å². The maximum atomic E-state index is 11.0. The zero-order chi connectivity index (χ0) is 9.84. The van der Waals surface area contributed by atoms with Crippen molar-refractivity contribution in [2.45, 2.75) is 6.04 Å². The number of hydrogen-bond donors (Lipinski definition) is 1. The quantitative estimate of drug-likeness (QED) is 0.658. The van der Waals surface area contributed by atoms with Crippen LogP contribution in [0.3, 0.4) is 0 Å². The molecule has 4 nitrogen and oxygen atoms in total. The number of ether oxygens (including phenoxy) is 1. The summed E-state index contributed by atoms with van der Waals surface area (Å²) in [5.41, 5.74) is 6.05. The van der Waals surface area contributed by atoms with Crippen LogP contribution in [0.25, 0.3) is 0 Å². The largest absolute Gasteiger partial charge is 0.468 e. The number of pyridine rings is 1. The Morgan fingerprint density at radius 3 is 2.79 bits per heavy atom. The lowest BCUT2D eigenvalue weighted by Crippen LogP contribution is -2.23. The average Bonchev–Trinajstić information content (AvgIpc) is 2.15. The number of carbonyl (C=O) groups excluding carboxylic acids is 1. The summed E-state index contributed by atoms with van der Waals surface area (Å²) in [5, 5.41) is 0. The van der Waals surface area contributed by atoms with Gasteiger partial charge in [0, 0.05) is 0 Å². The maximum Gasteiger partial charge on any atom is 0.328 e. The predicted molar refractivity (Wildman–Crippen MR) is 58.1 cm³/mol. The molecule has 1 heterocycles. The lowest BCUT2D eigenvalue weighted by atomic mass is 10.2. The van der Waals surface area contributed by atoms with Crippen molar-refractivity contribution < 1.29 is 9.53 Å². The van der Waals surface area contributed by atoms with Crippen LogP contribution in [-0.4, -0.2) is 18.1 Å². The molecule has 0 unspecified atom stereocenters. The zero-order valence-electron chi connectivity index (χ0n) is 7.44. The molecule has 0 amide bonds. The van der Waals surface area contributed by atoms with Gasteiger partial charge in [-0.25, -0.2) is 9.78 Å². The van der Waals surface area contributed by atoms with Crippen molar-refractivity contribution in [2.24, 2.45) is 5.73 Å². The number of aromatic nitrogens is 1. The third-order valence-electron chi connectivity index (χ3n) is 1.51. The summed E-state index contributed by atoms with van der Waals surface area (Å²) >= 11 is 3.18. The highest BCUT2D eigenvalue weighted by molar-refractivity contribution is 9.10. The van der Waals surface area contributed by atoms with Crippen molar-refractivity contribution in [1.82, 2.24) is 4.98 Å². The van der Waals surface area contributed by atoms with Crippen molar-refractivity contribution in [3.63, 3.8) is 0 Å². The molecule has 0 aliphatic carbocycles. The van der Waals surface area contributed by atoms with Crippen LogP contribution in [0.15, 0.2) is 22.8 Å². The number of nitrogens with zero attached hydrogens (tertiary/aromatic N) is 1. The maximum absolute atomic E-state index is 11.0. The molecular weight excluding hydrogens is 271 g/mol.